The molecule has 0 saturated heterocycles. The highest BCUT2D eigenvalue weighted by atomic mass is 16.3. The summed E-state index contributed by atoms with van der Waals surface area (Å²) >= 11 is 0. The number of nitrogens with zero attached hydrogens (tertiary/aromatic N) is 1. The molecule has 0 bridgehead atoms. The van der Waals surface area contributed by atoms with E-state index in [1.165, 1.54) is 6.42 Å². The summed E-state index contributed by atoms with van der Waals surface area (Å²) in [5.41, 5.74) is 0. The average Bonchev–Trinajstić information content (AvgIpc) is 2.89. The average molecular weight is 251 g/mol. The van der Waals surface area contributed by atoms with Crippen molar-refractivity contribution in [3.8, 4) is 0 Å². The summed E-state index contributed by atoms with van der Waals surface area (Å²) in [7, 11) is 1.77. The van der Waals surface area contributed by atoms with Gasteiger partial charge in [-0.25, -0.2) is 0 Å². The van der Waals surface area contributed by atoms with Crippen LogP contribution in [0.3, 0.4) is 0 Å². The monoisotopic (exact) mass is 251 g/mol. The van der Waals surface area contributed by atoms with Crippen molar-refractivity contribution in [2.24, 2.45) is 5.92 Å². The number of carbonyl (C=O) groups excluding carboxylic acids is 1. The molecule has 1 fully saturated rings. The Hall–Kier alpha value is -1.29. The van der Waals surface area contributed by atoms with Gasteiger partial charge in [0.1, 0.15) is 11.5 Å². The SMILES string of the molecule is CC1CC1c1ccc(CN(C)C(=O)CCCO)o1. The van der Waals surface area contributed by atoms with Crippen molar-refractivity contribution in [3.63, 3.8) is 0 Å². The Morgan fingerprint density at radius 3 is 2.89 bits per heavy atom. The van der Waals surface area contributed by atoms with Gasteiger partial charge in [0, 0.05) is 26.0 Å². The first kappa shape index (κ1) is 13.1. The van der Waals surface area contributed by atoms with E-state index in [0.29, 0.717) is 25.3 Å². The topological polar surface area (TPSA) is 53.7 Å². The summed E-state index contributed by atoms with van der Waals surface area (Å²) in [4.78, 5) is 13.3. The molecular formula is C14H21NO3. The van der Waals surface area contributed by atoms with E-state index in [1.807, 2.05) is 12.1 Å². The number of hydrogen-bond donors (Lipinski definition) is 1. The number of amides is 1. The van der Waals surface area contributed by atoms with Gasteiger partial charge in [-0.2, -0.15) is 0 Å². The van der Waals surface area contributed by atoms with Crippen molar-refractivity contribution in [1.29, 1.82) is 0 Å². The Bertz CT molecular complexity index is 413. The molecule has 2 atom stereocenters. The fraction of sp³-hybridized carbons (Fsp3) is 0.643. The minimum absolute atomic E-state index is 0.0433. The first-order chi connectivity index (χ1) is 8.61. The zero-order valence-corrected chi connectivity index (χ0v) is 11.1. The van der Waals surface area contributed by atoms with E-state index in [9.17, 15) is 4.79 Å². The summed E-state index contributed by atoms with van der Waals surface area (Å²) in [5.74, 6) is 3.24. The third-order valence-corrected chi connectivity index (χ3v) is 3.52. The molecule has 0 spiro atoms. The number of aliphatic hydroxyl groups excluding tert-OH is 1. The summed E-state index contributed by atoms with van der Waals surface area (Å²) in [5, 5.41) is 8.69. The Kier molecular flexibility index (Phi) is 4.07. The first-order valence-corrected chi connectivity index (χ1v) is 6.55. The van der Waals surface area contributed by atoms with Gasteiger partial charge in [-0.1, -0.05) is 6.92 Å². The smallest absolute Gasteiger partial charge is 0.222 e. The van der Waals surface area contributed by atoms with Gasteiger partial charge in [0.05, 0.1) is 6.54 Å². The van der Waals surface area contributed by atoms with Crippen molar-refractivity contribution in [1.82, 2.24) is 4.90 Å². The van der Waals surface area contributed by atoms with Crippen LogP contribution >= 0.6 is 0 Å². The molecule has 4 nitrogen and oxygen atoms in total. The van der Waals surface area contributed by atoms with Crippen molar-refractivity contribution in [3.05, 3.63) is 23.7 Å². The molecule has 0 aliphatic heterocycles. The number of carbonyl (C=O) groups is 1. The van der Waals surface area contributed by atoms with Crippen LogP contribution in [0.1, 0.15) is 43.6 Å². The maximum absolute atomic E-state index is 11.7. The fourth-order valence-corrected chi connectivity index (χ4v) is 2.14. The van der Waals surface area contributed by atoms with Crippen LogP contribution in [-0.4, -0.2) is 29.6 Å². The van der Waals surface area contributed by atoms with Gasteiger partial charge in [-0.05, 0) is 30.9 Å². The molecule has 1 aliphatic rings. The molecule has 1 aromatic rings. The third-order valence-electron chi connectivity index (χ3n) is 3.52. The van der Waals surface area contributed by atoms with Crippen molar-refractivity contribution >= 4 is 5.91 Å². The van der Waals surface area contributed by atoms with Gasteiger partial charge in [-0.15, -0.1) is 0 Å². The predicted molar refractivity (Wildman–Crippen MR) is 68.0 cm³/mol. The van der Waals surface area contributed by atoms with Gasteiger partial charge in [-0.3, -0.25) is 4.79 Å². The molecule has 4 heteroatoms. The normalized spacial score (nSPS) is 21.9. The molecule has 100 valence electrons. The number of furan rings is 1. The molecular weight excluding hydrogens is 230 g/mol. The molecule has 18 heavy (non-hydrogen) atoms. The number of hydrogen-bond acceptors (Lipinski definition) is 3. The van der Waals surface area contributed by atoms with E-state index < -0.39 is 0 Å². The van der Waals surface area contributed by atoms with E-state index >= 15 is 0 Å². The molecule has 2 unspecified atom stereocenters. The van der Waals surface area contributed by atoms with E-state index in [4.69, 9.17) is 9.52 Å². The maximum atomic E-state index is 11.7. The maximum Gasteiger partial charge on any atom is 0.222 e. The second kappa shape index (κ2) is 5.57. The van der Waals surface area contributed by atoms with Gasteiger partial charge >= 0.3 is 0 Å². The van der Waals surface area contributed by atoms with Crippen LogP contribution in [0.4, 0.5) is 0 Å². The molecule has 0 radical (unpaired) electrons. The quantitative estimate of drug-likeness (QED) is 0.842. The summed E-state index contributed by atoms with van der Waals surface area (Å²) in [6.45, 7) is 2.78. The second-order valence-electron chi connectivity index (χ2n) is 5.20. The third kappa shape index (κ3) is 3.13. The minimum Gasteiger partial charge on any atom is -0.464 e. The molecule has 1 saturated carbocycles. The largest absolute Gasteiger partial charge is 0.464 e. The fourth-order valence-electron chi connectivity index (χ4n) is 2.14. The predicted octanol–water partition coefficient (Wildman–Crippen LogP) is 2.13. The van der Waals surface area contributed by atoms with E-state index in [0.717, 1.165) is 17.4 Å². The second-order valence-corrected chi connectivity index (χ2v) is 5.20. The molecule has 1 aliphatic carbocycles. The van der Waals surface area contributed by atoms with E-state index in [-0.39, 0.29) is 12.5 Å². The van der Waals surface area contributed by atoms with E-state index in [1.54, 1.807) is 11.9 Å². The Morgan fingerprint density at radius 2 is 2.28 bits per heavy atom. The van der Waals surface area contributed by atoms with Crippen molar-refractivity contribution in [2.75, 3.05) is 13.7 Å². The molecule has 1 N–H and O–H groups in total. The zero-order valence-electron chi connectivity index (χ0n) is 11.1. The van der Waals surface area contributed by atoms with Gasteiger partial charge in [0.2, 0.25) is 5.91 Å². The molecule has 1 amide bonds. The highest BCUT2D eigenvalue weighted by molar-refractivity contribution is 5.75. The number of rotatable bonds is 6. The van der Waals surface area contributed by atoms with Gasteiger partial charge < -0.3 is 14.4 Å². The van der Waals surface area contributed by atoms with Crippen LogP contribution in [-0.2, 0) is 11.3 Å². The van der Waals surface area contributed by atoms with Crippen LogP contribution in [0.15, 0.2) is 16.5 Å². The van der Waals surface area contributed by atoms with Crippen molar-refractivity contribution in [2.45, 2.75) is 38.6 Å². The lowest BCUT2D eigenvalue weighted by molar-refractivity contribution is -0.130. The molecule has 2 rings (SSSR count). The van der Waals surface area contributed by atoms with Crippen molar-refractivity contribution < 1.29 is 14.3 Å². The van der Waals surface area contributed by atoms with Gasteiger partial charge in [0.15, 0.2) is 0 Å². The minimum atomic E-state index is 0.0433. The van der Waals surface area contributed by atoms with Crippen LogP contribution in [0, 0.1) is 5.92 Å². The zero-order chi connectivity index (χ0) is 13.1. The van der Waals surface area contributed by atoms with Crippen LogP contribution in [0.2, 0.25) is 0 Å². The standard InChI is InChI=1S/C14H21NO3/c1-10-8-12(10)13-6-5-11(18-13)9-15(2)14(17)4-3-7-16/h5-6,10,12,16H,3-4,7-9H2,1-2H3. The molecule has 1 heterocycles. The Morgan fingerprint density at radius 1 is 1.56 bits per heavy atom. The van der Waals surface area contributed by atoms with Crippen LogP contribution in [0.25, 0.3) is 0 Å². The molecule has 1 aromatic heterocycles. The lowest BCUT2D eigenvalue weighted by atomic mass is 10.2. The Balaban J connectivity index is 1.85. The summed E-state index contributed by atoms with van der Waals surface area (Å²) in [6.07, 6.45) is 2.12. The highest BCUT2D eigenvalue weighted by Crippen LogP contribution is 2.47. The lowest BCUT2D eigenvalue weighted by Gasteiger charge is -2.15. The van der Waals surface area contributed by atoms with E-state index in [2.05, 4.69) is 6.92 Å². The Labute approximate surface area is 108 Å². The molecule has 0 aromatic carbocycles. The number of aliphatic hydroxyl groups is 1. The van der Waals surface area contributed by atoms with Crippen LogP contribution < -0.4 is 0 Å². The van der Waals surface area contributed by atoms with Gasteiger partial charge in [0.25, 0.3) is 0 Å². The van der Waals surface area contributed by atoms with Crippen LogP contribution in [0.5, 0.6) is 0 Å². The summed E-state index contributed by atoms with van der Waals surface area (Å²) in [6, 6.07) is 3.98. The lowest BCUT2D eigenvalue weighted by Crippen LogP contribution is -2.25. The first-order valence-electron chi connectivity index (χ1n) is 6.55. The highest BCUT2D eigenvalue weighted by Gasteiger charge is 2.36. The summed E-state index contributed by atoms with van der Waals surface area (Å²) < 4.78 is 5.76.